The van der Waals surface area contributed by atoms with E-state index in [4.69, 9.17) is 4.74 Å². The van der Waals surface area contributed by atoms with Gasteiger partial charge < -0.3 is 15.2 Å². The van der Waals surface area contributed by atoms with Gasteiger partial charge in [-0.3, -0.25) is 0 Å². The molecule has 0 aliphatic carbocycles. The number of benzene rings is 1. The van der Waals surface area contributed by atoms with E-state index in [1.807, 2.05) is 25.1 Å². The maximum atomic E-state index is 9.64. The molecule has 1 aromatic carbocycles. The summed E-state index contributed by atoms with van der Waals surface area (Å²) in [4.78, 5) is 0. The van der Waals surface area contributed by atoms with Gasteiger partial charge in [-0.25, -0.2) is 0 Å². The number of nitrogens with one attached hydrogen (secondary N) is 1. The first kappa shape index (κ1) is 10.9. The molecule has 1 heterocycles. The van der Waals surface area contributed by atoms with Crippen LogP contribution in [0.3, 0.4) is 0 Å². The van der Waals surface area contributed by atoms with Crippen LogP contribution < -0.4 is 10.1 Å². The summed E-state index contributed by atoms with van der Waals surface area (Å²) in [6.07, 6.45) is 0.671. The van der Waals surface area contributed by atoms with Crippen molar-refractivity contribution in [2.75, 3.05) is 5.32 Å². The average Bonchev–Trinajstić information content (AvgIpc) is 2.27. The average molecular weight is 219 g/mol. The monoisotopic (exact) mass is 219 g/mol. The van der Waals surface area contributed by atoms with Crippen molar-refractivity contribution in [3.8, 4) is 5.75 Å². The highest BCUT2D eigenvalue weighted by Crippen LogP contribution is 2.35. The summed E-state index contributed by atoms with van der Waals surface area (Å²) in [5.41, 5.74) is 2.05. The second kappa shape index (κ2) is 4.08. The Hall–Kier alpha value is -1.64. The van der Waals surface area contributed by atoms with Crippen LogP contribution in [0.2, 0.25) is 0 Å². The molecule has 16 heavy (non-hydrogen) atoms. The van der Waals surface area contributed by atoms with E-state index < -0.39 is 0 Å². The van der Waals surface area contributed by atoms with Crippen LogP contribution in [0.15, 0.2) is 29.8 Å². The van der Waals surface area contributed by atoms with E-state index in [1.54, 1.807) is 0 Å². The zero-order valence-corrected chi connectivity index (χ0v) is 9.87. The number of ether oxygens (including phenoxy) is 1. The van der Waals surface area contributed by atoms with Gasteiger partial charge in [-0.15, -0.1) is 0 Å². The van der Waals surface area contributed by atoms with Crippen LogP contribution in [0.1, 0.15) is 38.7 Å². The molecule has 0 atom stereocenters. The quantitative estimate of drug-likeness (QED) is 0.795. The van der Waals surface area contributed by atoms with Crippen LogP contribution in [-0.4, -0.2) is 5.11 Å². The lowest BCUT2D eigenvalue weighted by molar-refractivity contribution is 0.321. The molecule has 2 rings (SSSR count). The van der Waals surface area contributed by atoms with Crippen molar-refractivity contribution in [3.05, 3.63) is 35.4 Å². The Morgan fingerprint density at radius 1 is 1.38 bits per heavy atom. The molecule has 0 fully saturated rings. The number of hydrogen-bond donors (Lipinski definition) is 2. The van der Waals surface area contributed by atoms with Crippen LogP contribution in [0.4, 0.5) is 5.69 Å². The highest BCUT2D eigenvalue weighted by atomic mass is 16.5. The molecule has 0 unspecified atom stereocenters. The Labute approximate surface area is 95.7 Å². The van der Waals surface area contributed by atoms with Crippen molar-refractivity contribution in [2.24, 2.45) is 0 Å². The minimum atomic E-state index is 0.118. The van der Waals surface area contributed by atoms with Gasteiger partial charge in [0.25, 0.3) is 0 Å². The van der Waals surface area contributed by atoms with Gasteiger partial charge >= 0.3 is 0 Å². The second-order valence-electron chi connectivity index (χ2n) is 4.26. The molecule has 0 saturated heterocycles. The zero-order valence-electron chi connectivity index (χ0n) is 9.87. The predicted octanol–water partition coefficient (Wildman–Crippen LogP) is 3.75. The van der Waals surface area contributed by atoms with Gasteiger partial charge in [-0.2, -0.15) is 0 Å². The topological polar surface area (TPSA) is 41.5 Å². The van der Waals surface area contributed by atoms with Crippen molar-refractivity contribution in [3.63, 3.8) is 0 Å². The molecule has 0 bridgehead atoms. The van der Waals surface area contributed by atoms with Gasteiger partial charge in [0.1, 0.15) is 0 Å². The molecule has 0 amide bonds. The Balaban J connectivity index is 2.36. The normalized spacial score (nSPS) is 14.5. The number of rotatable bonds is 2. The third-order valence-corrected chi connectivity index (χ3v) is 2.74. The molecule has 0 spiro atoms. The van der Waals surface area contributed by atoms with E-state index in [9.17, 15) is 5.11 Å². The molecule has 1 aliphatic heterocycles. The number of allylic oxidation sites excluding steroid dienone is 1. The third kappa shape index (κ3) is 1.85. The summed E-state index contributed by atoms with van der Waals surface area (Å²) in [6.45, 7) is 6.24. The minimum Gasteiger partial charge on any atom is -0.492 e. The molecular weight excluding hydrogens is 202 g/mol. The van der Waals surface area contributed by atoms with E-state index in [2.05, 4.69) is 19.2 Å². The highest BCUT2D eigenvalue weighted by molar-refractivity contribution is 5.63. The summed E-state index contributed by atoms with van der Waals surface area (Å²) in [5, 5.41) is 12.6. The van der Waals surface area contributed by atoms with E-state index in [0.29, 0.717) is 18.1 Å². The van der Waals surface area contributed by atoms with E-state index >= 15 is 0 Å². The fourth-order valence-electron chi connectivity index (χ4n) is 1.70. The molecule has 0 saturated carbocycles. The number of hydrogen-bond acceptors (Lipinski definition) is 3. The third-order valence-electron chi connectivity index (χ3n) is 2.74. The van der Waals surface area contributed by atoms with Crippen molar-refractivity contribution < 1.29 is 9.84 Å². The van der Waals surface area contributed by atoms with Gasteiger partial charge in [0.05, 0.1) is 5.69 Å². The first-order chi connectivity index (χ1) is 7.61. The van der Waals surface area contributed by atoms with Crippen LogP contribution in [-0.2, 0) is 0 Å². The molecule has 0 aromatic heterocycles. The smallest absolute Gasteiger partial charge is 0.228 e. The first-order valence-electron chi connectivity index (χ1n) is 5.62. The van der Waals surface area contributed by atoms with Crippen molar-refractivity contribution in [1.29, 1.82) is 0 Å². The lowest BCUT2D eigenvalue weighted by atomic mass is 10.0. The summed E-state index contributed by atoms with van der Waals surface area (Å²) >= 11 is 0. The Morgan fingerprint density at radius 3 is 2.75 bits per heavy atom. The van der Waals surface area contributed by atoms with Crippen molar-refractivity contribution >= 4 is 5.69 Å². The summed E-state index contributed by atoms with van der Waals surface area (Å²) in [5.74, 6) is 1.97. The number of anilines is 1. The van der Waals surface area contributed by atoms with Gasteiger partial charge in [0.2, 0.25) is 5.88 Å². The second-order valence-corrected chi connectivity index (χ2v) is 4.26. The lowest BCUT2D eigenvalue weighted by Crippen LogP contribution is -2.13. The van der Waals surface area contributed by atoms with Crippen LogP contribution >= 0.6 is 0 Å². The summed E-state index contributed by atoms with van der Waals surface area (Å²) < 4.78 is 5.65. The largest absolute Gasteiger partial charge is 0.492 e. The Kier molecular flexibility index (Phi) is 2.77. The molecule has 3 nitrogen and oxygen atoms in total. The van der Waals surface area contributed by atoms with Gasteiger partial charge in [-0.05, 0) is 23.6 Å². The summed E-state index contributed by atoms with van der Waals surface area (Å²) in [7, 11) is 0. The lowest BCUT2D eigenvalue weighted by Gasteiger charge is -2.22. The molecule has 1 aliphatic rings. The van der Waals surface area contributed by atoms with E-state index in [-0.39, 0.29) is 5.88 Å². The molecular formula is C13H17NO2. The Morgan fingerprint density at radius 2 is 2.12 bits per heavy atom. The fourth-order valence-corrected chi connectivity index (χ4v) is 1.70. The maximum absolute atomic E-state index is 9.64. The molecule has 1 aromatic rings. The van der Waals surface area contributed by atoms with Crippen LogP contribution in [0, 0.1) is 0 Å². The zero-order chi connectivity index (χ0) is 11.7. The molecule has 86 valence electrons. The predicted molar refractivity (Wildman–Crippen MR) is 64.7 cm³/mol. The summed E-state index contributed by atoms with van der Waals surface area (Å²) in [6, 6.07) is 6.01. The Bertz CT molecular complexity index is 436. The van der Waals surface area contributed by atoms with Gasteiger partial charge in [0, 0.05) is 6.42 Å². The maximum Gasteiger partial charge on any atom is 0.228 e. The van der Waals surface area contributed by atoms with Crippen molar-refractivity contribution in [2.45, 2.75) is 33.1 Å². The first-order valence-corrected chi connectivity index (χ1v) is 5.62. The molecule has 0 radical (unpaired) electrons. The van der Waals surface area contributed by atoms with Crippen LogP contribution in [0.25, 0.3) is 0 Å². The van der Waals surface area contributed by atoms with Gasteiger partial charge in [-0.1, -0.05) is 26.8 Å². The minimum absolute atomic E-state index is 0.118. The molecule has 2 N–H and O–H groups in total. The SMILES string of the molecule is CCC1=C(O)Nc2ccc(C(C)C)cc2O1. The van der Waals surface area contributed by atoms with Crippen LogP contribution in [0.5, 0.6) is 5.75 Å². The highest BCUT2D eigenvalue weighted by Gasteiger charge is 2.18. The fraction of sp³-hybridized carbons (Fsp3) is 0.385. The van der Waals surface area contributed by atoms with Crippen molar-refractivity contribution in [1.82, 2.24) is 0 Å². The standard InChI is InChI=1S/C13H17NO2/c1-4-11-13(15)14-10-6-5-9(8(2)3)7-12(10)16-11/h5-8,14-15H,4H2,1-3H3. The van der Waals surface area contributed by atoms with E-state index in [0.717, 1.165) is 11.4 Å². The molecule has 3 heteroatoms. The number of aliphatic hydroxyl groups is 1. The number of aliphatic hydroxyl groups excluding tert-OH is 1. The van der Waals surface area contributed by atoms with E-state index in [1.165, 1.54) is 5.56 Å². The van der Waals surface area contributed by atoms with Gasteiger partial charge in [0.15, 0.2) is 11.5 Å². The number of fused-ring (bicyclic) bond motifs is 1.